The first-order valence-electron chi connectivity index (χ1n) is 10.7. The van der Waals surface area contributed by atoms with E-state index in [0.717, 1.165) is 38.2 Å². The normalized spacial score (nSPS) is 23.0. The van der Waals surface area contributed by atoms with Crippen molar-refractivity contribution >= 4 is 15.9 Å². The van der Waals surface area contributed by atoms with Crippen LogP contribution in [-0.2, 0) is 21.4 Å². The standard InChI is InChI=1S/C23H28FN3O3S/c24-20-8-10-22(11-9-20)31(29,30)27-13-4-7-19(16-27)23(28)25-21-12-14-26(17-21)15-18-5-2-1-3-6-18/h1-3,5-6,8-11,19,21H,4,7,12-17H2,(H,25,28)/t19-,21-/m0/s1. The zero-order chi connectivity index (χ0) is 21.8. The quantitative estimate of drug-likeness (QED) is 0.742. The lowest BCUT2D eigenvalue weighted by Gasteiger charge is -2.31. The second-order valence-corrected chi connectivity index (χ2v) is 10.3. The van der Waals surface area contributed by atoms with Gasteiger partial charge in [0, 0.05) is 38.8 Å². The average molecular weight is 446 g/mol. The predicted molar refractivity (Wildman–Crippen MR) is 116 cm³/mol. The molecular formula is C23H28FN3O3S. The first kappa shape index (κ1) is 21.9. The molecule has 8 heteroatoms. The van der Waals surface area contributed by atoms with E-state index in [4.69, 9.17) is 0 Å². The summed E-state index contributed by atoms with van der Waals surface area (Å²) in [4.78, 5) is 15.3. The molecule has 2 saturated heterocycles. The summed E-state index contributed by atoms with van der Waals surface area (Å²) in [5, 5.41) is 3.13. The van der Waals surface area contributed by atoms with Crippen LogP contribution in [0.1, 0.15) is 24.8 Å². The Labute approximate surface area is 183 Å². The van der Waals surface area contributed by atoms with Crippen molar-refractivity contribution in [3.05, 3.63) is 66.0 Å². The molecule has 1 N–H and O–H groups in total. The molecule has 2 atom stereocenters. The first-order valence-corrected chi connectivity index (χ1v) is 12.2. The molecule has 2 aromatic rings. The Morgan fingerprint density at radius 2 is 1.74 bits per heavy atom. The topological polar surface area (TPSA) is 69.7 Å². The van der Waals surface area contributed by atoms with Gasteiger partial charge in [-0.3, -0.25) is 9.69 Å². The Balaban J connectivity index is 1.32. The SMILES string of the molecule is O=C(N[C@H]1CCN(Cc2ccccc2)C1)[C@H]1CCCN(S(=O)(=O)c2ccc(F)cc2)C1. The molecule has 31 heavy (non-hydrogen) atoms. The third-order valence-corrected chi connectivity index (χ3v) is 7.95. The Hall–Kier alpha value is -2.29. The minimum absolute atomic E-state index is 0.0577. The molecule has 0 saturated carbocycles. The minimum atomic E-state index is -3.74. The van der Waals surface area contributed by atoms with Crippen molar-refractivity contribution in [1.82, 2.24) is 14.5 Å². The molecule has 0 unspecified atom stereocenters. The highest BCUT2D eigenvalue weighted by molar-refractivity contribution is 7.89. The Bertz CT molecular complexity index is 998. The number of rotatable bonds is 6. The summed E-state index contributed by atoms with van der Waals surface area (Å²) in [6.07, 6.45) is 2.19. The van der Waals surface area contributed by atoms with E-state index < -0.39 is 15.8 Å². The molecule has 0 spiro atoms. The number of nitrogens with one attached hydrogen (secondary N) is 1. The highest BCUT2D eigenvalue weighted by atomic mass is 32.2. The van der Waals surface area contributed by atoms with Gasteiger partial charge < -0.3 is 5.32 Å². The van der Waals surface area contributed by atoms with Gasteiger partial charge in [-0.05, 0) is 49.1 Å². The van der Waals surface area contributed by atoms with Gasteiger partial charge in [-0.1, -0.05) is 30.3 Å². The van der Waals surface area contributed by atoms with E-state index in [1.54, 1.807) is 0 Å². The molecule has 2 fully saturated rings. The van der Waals surface area contributed by atoms with Crippen molar-refractivity contribution in [2.45, 2.75) is 36.7 Å². The number of hydrogen-bond acceptors (Lipinski definition) is 4. The smallest absolute Gasteiger partial charge is 0.243 e. The highest BCUT2D eigenvalue weighted by Crippen LogP contribution is 2.24. The van der Waals surface area contributed by atoms with Gasteiger partial charge in [0.05, 0.1) is 10.8 Å². The zero-order valence-electron chi connectivity index (χ0n) is 17.4. The number of nitrogens with zero attached hydrogens (tertiary/aromatic N) is 2. The lowest BCUT2D eigenvalue weighted by molar-refractivity contribution is -0.126. The number of carbonyl (C=O) groups is 1. The molecule has 0 aliphatic carbocycles. The second-order valence-electron chi connectivity index (χ2n) is 8.37. The summed E-state index contributed by atoms with van der Waals surface area (Å²) in [6, 6.07) is 15.2. The predicted octanol–water partition coefficient (Wildman–Crippen LogP) is 2.62. The largest absolute Gasteiger partial charge is 0.352 e. The van der Waals surface area contributed by atoms with E-state index >= 15 is 0 Å². The van der Waals surface area contributed by atoms with Gasteiger partial charge in [0.15, 0.2) is 0 Å². The number of likely N-dealkylation sites (tertiary alicyclic amines) is 1. The van der Waals surface area contributed by atoms with Crippen LogP contribution in [0.15, 0.2) is 59.5 Å². The second kappa shape index (κ2) is 9.46. The molecule has 0 aromatic heterocycles. The number of benzene rings is 2. The third kappa shape index (κ3) is 5.31. The van der Waals surface area contributed by atoms with Gasteiger partial charge in [0.25, 0.3) is 0 Å². The highest BCUT2D eigenvalue weighted by Gasteiger charge is 2.34. The number of piperidine rings is 1. The molecule has 2 aromatic carbocycles. The summed E-state index contributed by atoms with van der Waals surface area (Å²) in [6.45, 7) is 3.12. The molecule has 2 aliphatic heterocycles. The number of hydrogen-bond donors (Lipinski definition) is 1. The maximum Gasteiger partial charge on any atom is 0.243 e. The summed E-state index contributed by atoms with van der Waals surface area (Å²) >= 11 is 0. The van der Waals surface area contributed by atoms with Gasteiger partial charge in [0.2, 0.25) is 15.9 Å². The average Bonchev–Trinajstić information content (AvgIpc) is 3.21. The first-order chi connectivity index (χ1) is 14.9. The van der Waals surface area contributed by atoms with Crippen LogP contribution in [0.4, 0.5) is 4.39 Å². The van der Waals surface area contributed by atoms with Crippen LogP contribution >= 0.6 is 0 Å². The summed E-state index contributed by atoms with van der Waals surface area (Å²) in [7, 11) is -3.74. The van der Waals surface area contributed by atoms with Gasteiger partial charge in [-0.25, -0.2) is 12.8 Å². The number of amides is 1. The Morgan fingerprint density at radius 3 is 2.48 bits per heavy atom. The lowest BCUT2D eigenvalue weighted by atomic mass is 9.98. The van der Waals surface area contributed by atoms with E-state index in [1.165, 1.54) is 22.0 Å². The number of halogens is 1. The van der Waals surface area contributed by atoms with Crippen molar-refractivity contribution in [3.8, 4) is 0 Å². The molecule has 1 amide bonds. The van der Waals surface area contributed by atoms with Crippen LogP contribution in [0.3, 0.4) is 0 Å². The molecule has 2 heterocycles. The number of sulfonamides is 1. The van der Waals surface area contributed by atoms with Gasteiger partial charge >= 0.3 is 0 Å². The van der Waals surface area contributed by atoms with Crippen LogP contribution in [0.25, 0.3) is 0 Å². The van der Waals surface area contributed by atoms with E-state index in [2.05, 4.69) is 22.3 Å². The van der Waals surface area contributed by atoms with Gasteiger partial charge in [0.1, 0.15) is 5.82 Å². The fourth-order valence-corrected chi connectivity index (χ4v) is 5.91. The zero-order valence-corrected chi connectivity index (χ0v) is 18.2. The maximum atomic E-state index is 13.2. The van der Waals surface area contributed by atoms with Crippen LogP contribution in [0, 0.1) is 11.7 Å². The number of carbonyl (C=O) groups excluding carboxylic acids is 1. The summed E-state index contributed by atoms with van der Waals surface area (Å²) in [5.41, 5.74) is 1.25. The van der Waals surface area contributed by atoms with Crippen LogP contribution in [0.2, 0.25) is 0 Å². The van der Waals surface area contributed by atoms with E-state index in [0.29, 0.717) is 19.4 Å². The van der Waals surface area contributed by atoms with E-state index in [9.17, 15) is 17.6 Å². The van der Waals surface area contributed by atoms with Crippen molar-refractivity contribution in [1.29, 1.82) is 0 Å². The van der Waals surface area contributed by atoms with Gasteiger partial charge in [-0.15, -0.1) is 0 Å². The van der Waals surface area contributed by atoms with Crippen LogP contribution < -0.4 is 5.32 Å². The fourth-order valence-electron chi connectivity index (χ4n) is 4.39. The van der Waals surface area contributed by atoms with Crippen molar-refractivity contribution in [3.63, 3.8) is 0 Å². The monoisotopic (exact) mass is 445 g/mol. The lowest BCUT2D eigenvalue weighted by Crippen LogP contribution is -2.48. The van der Waals surface area contributed by atoms with Gasteiger partial charge in [-0.2, -0.15) is 4.31 Å². The molecule has 6 nitrogen and oxygen atoms in total. The molecule has 0 bridgehead atoms. The molecular weight excluding hydrogens is 417 g/mol. The fraction of sp³-hybridized carbons (Fsp3) is 0.435. The van der Waals surface area contributed by atoms with E-state index in [1.807, 2.05) is 18.2 Å². The Kier molecular flexibility index (Phi) is 6.69. The van der Waals surface area contributed by atoms with Crippen LogP contribution in [0.5, 0.6) is 0 Å². The summed E-state index contributed by atoms with van der Waals surface area (Å²) in [5.74, 6) is -0.926. The third-order valence-electron chi connectivity index (χ3n) is 6.07. The minimum Gasteiger partial charge on any atom is -0.352 e. The molecule has 4 rings (SSSR count). The van der Waals surface area contributed by atoms with Crippen molar-refractivity contribution in [2.75, 3.05) is 26.2 Å². The Morgan fingerprint density at radius 1 is 1.00 bits per heavy atom. The van der Waals surface area contributed by atoms with E-state index in [-0.39, 0.29) is 29.3 Å². The maximum absolute atomic E-state index is 13.2. The van der Waals surface area contributed by atoms with Crippen molar-refractivity contribution in [2.24, 2.45) is 5.92 Å². The molecule has 0 radical (unpaired) electrons. The van der Waals surface area contributed by atoms with Crippen molar-refractivity contribution < 1.29 is 17.6 Å². The molecule has 166 valence electrons. The molecule has 2 aliphatic rings. The summed E-state index contributed by atoms with van der Waals surface area (Å²) < 4.78 is 40.3. The van der Waals surface area contributed by atoms with Crippen LogP contribution in [-0.4, -0.2) is 55.8 Å².